The summed E-state index contributed by atoms with van der Waals surface area (Å²) in [5, 5.41) is 0.604. The van der Waals surface area contributed by atoms with Gasteiger partial charge in [-0.15, -0.1) is 0 Å². The maximum Gasteiger partial charge on any atom is 0.280 e. The largest absolute Gasteiger partial charge is 0.280 e. The van der Waals surface area contributed by atoms with E-state index in [0.717, 1.165) is 25.8 Å². The van der Waals surface area contributed by atoms with E-state index in [1.54, 1.807) is 17.3 Å². The van der Waals surface area contributed by atoms with Crippen molar-refractivity contribution in [2.45, 2.75) is 6.54 Å². The molecule has 0 unspecified atom stereocenters. The van der Waals surface area contributed by atoms with Gasteiger partial charge >= 0.3 is 0 Å². The number of thiazole rings is 1. The van der Waals surface area contributed by atoms with Crippen LogP contribution in [-0.2, 0) is 6.54 Å². The summed E-state index contributed by atoms with van der Waals surface area (Å²) in [5.41, 5.74) is 3.44. The molecule has 0 radical (unpaired) electrons. The quantitative estimate of drug-likeness (QED) is 0.355. The normalized spacial score (nSPS) is 11.1. The first-order valence-electron chi connectivity index (χ1n) is 9.16. The lowest BCUT2D eigenvalue weighted by Crippen LogP contribution is -2.31. The number of carbonyl (C=O) groups excluding carboxylic acids is 1. The van der Waals surface area contributed by atoms with E-state index in [9.17, 15) is 4.79 Å². The monoisotopic (exact) mass is 475 g/mol. The maximum atomic E-state index is 13.5. The molecule has 0 aliphatic rings. The number of aromatic nitrogens is 4. The highest BCUT2D eigenvalue weighted by Gasteiger charge is 2.23. The minimum atomic E-state index is -0.254. The van der Waals surface area contributed by atoms with E-state index in [1.807, 2.05) is 54.6 Å². The van der Waals surface area contributed by atoms with Gasteiger partial charge in [-0.2, -0.15) is 0 Å². The summed E-state index contributed by atoms with van der Waals surface area (Å²) in [6.07, 6.45) is 4.97. The lowest BCUT2D eigenvalue weighted by Gasteiger charge is -2.19. The van der Waals surface area contributed by atoms with Gasteiger partial charge in [-0.1, -0.05) is 45.5 Å². The first-order valence-corrected chi connectivity index (χ1v) is 10.8. The number of fused-ring (bicyclic) bond motifs is 2. The van der Waals surface area contributed by atoms with Crippen molar-refractivity contribution < 1.29 is 4.79 Å². The predicted molar refractivity (Wildman–Crippen MR) is 122 cm³/mol. The van der Waals surface area contributed by atoms with Crippen LogP contribution < -0.4 is 4.90 Å². The molecule has 30 heavy (non-hydrogen) atoms. The van der Waals surface area contributed by atoms with Crippen LogP contribution in [-0.4, -0.2) is 25.8 Å². The molecule has 5 aromatic rings. The molecule has 0 N–H and O–H groups in total. The van der Waals surface area contributed by atoms with Crippen molar-refractivity contribution in [1.29, 1.82) is 0 Å². The van der Waals surface area contributed by atoms with Crippen molar-refractivity contribution in [2.24, 2.45) is 0 Å². The number of carbonyl (C=O) groups is 1. The Morgan fingerprint density at radius 2 is 1.83 bits per heavy atom. The molecule has 3 aromatic heterocycles. The third kappa shape index (κ3) is 3.67. The van der Waals surface area contributed by atoms with Gasteiger partial charge in [0.05, 0.1) is 34.0 Å². The third-order valence-electron chi connectivity index (χ3n) is 4.55. The van der Waals surface area contributed by atoms with Gasteiger partial charge < -0.3 is 0 Å². The fourth-order valence-corrected chi connectivity index (χ4v) is 4.62. The highest BCUT2D eigenvalue weighted by atomic mass is 79.9. The number of para-hydroxylation sites is 2. The molecule has 2 aromatic carbocycles. The molecular formula is C22H14BrN5OS. The van der Waals surface area contributed by atoms with Crippen LogP contribution in [0.1, 0.15) is 16.1 Å². The number of nitrogens with zero attached hydrogens (tertiary/aromatic N) is 5. The minimum Gasteiger partial charge on any atom is -0.278 e. The van der Waals surface area contributed by atoms with Crippen molar-refractivity contribution in [3.05, 3.63) is 88.9 Å². The summed E-state index contributed by atoms with van der Waals surface area (Å²) in [4.78, 5) is 32.9. The Kier molecular flexibility index (Phi) is 4.94. The van der Waals surface area contributed by atoms with Gasteiger partial charge in [0.2, 0.25) is 0 Å². The molecule has 0 fully saturated rings. The van der Waals surface area contributed by atoms with Gasteiger partial charge in [0.1, 0.15) is 5.69 Å². The Bertz CT molecular complexity index is 1370. The van der Waals surface area contributed by atoms with Crippen LogP contribution in [0.2, 0.25) is 0 Å². The number of anilines is 1. The van der Waals surface area contributed by atoms with E-state index in [1.165, 1.54) is 17.5 Å². The van der Waals surface area contributed by atoms with E-state index in [2.05, 4.69) is 30.9 Å². The van der Waals surface area contributed by atoms with Gasteiger partial charge in [0.15, 0.2) is 5.13 Å². The molecule has 0 spiro atoms. The molecule has 8 heteroatoms. The van der Waals surface area contributed by atoms with Gasteiger partial charge in [0, 0.05) is 16.9 Å². The molecule has 0 aliphatic heterocycles. The summed E-state index contributed by atoms with van der Waals surface area (Å²) in [6, 6.07) is 17.1. The number of pyridine rings is 1. The van der Waals surface area contributed by atoms with E-state index in [-0.39, 0.29) is 11.6 Å². The zero-order valence-electron chi connectivity index (χ0n) is 15.6. The Morgan fingerprint density at radius 3 is 2.67 bits per heavy atom. The molecule has 5 rings (SSSR count). The van der Waals surface area contributed by atoms with Crippen LogP contribution in [0, 0.1) is 0 Å². The SMILES string of the molecule is O=C(c1cnc2ccccc2n1)N(Cc1cccnc1)c1nc2ccc(Br)cc2s1. The van der Waals surface area contributed by atoms with Crippen LogP contribution in [0.5, 0.6) is 0 Å². The molecule has 0 bridgehead atoms. The standard InChI is InChI=1S/C22H14BrN5OS/c23-15-7-8-18-20(10-15)30-22(27-18)28(13-14-4-3-9-24-11-14)21(29)19-12-25-16-5-1-2-6-17(16)26-19/h1-12H,13H2. The molecule has 0 atom stereocenters. The number of halogens is 1. The first kappa shape index (κ1) is 18.8. The van der Waals surface area contributed by atoms with Crippen molar-refractivity contribution >= 4 is 59.6 Å². The van der Waals surface area contributed by atoms with Crippen LogP contribution in [0.15, 0.2) is 77.7 Å². The van der Waals surface area contributed by atoms with Crippen LogP contribution in [0.3, 0.4) is 0 Å². The van der Waals surface area contributed by atoms with E-state index in [4.69, 9.17) is 4.98 Å². The van der Waals surface area contributed by atoms with Gasteiger partial charge in [-0.05, 0) is 42.0 Å². The highest BCUT2D eigenvalue weighted by Crippen LogP contribution is 2.32. The fraction of sp³-hybridized carbons (Fsp3) is 0.0455. The lowest BCUT2D eigenvalue weighted by atomic mass is 10.2. The molecule has 0 saturated heterocycles. The minimum absolute atomic E-state index is 0.254. The van der Waals surface area contributed by atoms with Gasteiger partial charge in [-0.3, -0.25) is 19.7 Å². The number of hydrogen-bond acceptors (Lipinski definition) is 6. The first-order chi connectivity index (χ1) is 14.7. The van der Waals surface area contributed by atoms with Crippen molar-refractivity contribution in [3.8, 4) is 0 Å². The summed E-state index contributed by atoms with van der Waals surface area (Å²) >= 11 is 4.95. The molecule has 0 saturated carbocycles. The highest BCUT2D eigenvalue weighted by molar-refractivity contribution is 9.10. The zero-order valence-corrected chi connectivity index (χ0v) is 18.0. The molecule has 3 heterocycles. The third-order valence-corrected chi connectivity index (χ3v) is 6.08. The van der Waals surface area contributed by atoms with E-state index < -0.39 is 0 Å². The van der Waals surface area contributed by atoms with Gasteiger partial charge in [0.25, 0.3) is 5.91 Å². The van der Waals surface area contributed by atoms with Crippen LogP contribution in [0.25, 0.3) is 21.3 Å². The predicted octanol–water partition coefficient (Wildman–Crippen LogP) is 5.24. The fourth-order valence-electron chi connectivity index (χ4n) is 3.10. The second kappa shape index (κ2) is 7.89. The smallest absolute Gasteiger partial charge is 0.278 e. The summed E-state index contributed by atoms with van der Waals surface area (Å²) in [6.45, 7) is 0.335. The van der Waals surface area contributed by atoms with E-state index >= 15 is 0 Å². The topological polar surface area (TPSA) is 71.9 Å². The van der Waals surface area contributed by atoms with Gasteiger partial charge in [-0.25, -0.2) is 9.97 Å². The Balaban J connectivity index is 1.59. The molecule has 6 nitrogen and oxygen atoms in total. The average Bonchev–Trinajstić information content (AvgIpc) is 3.20. The summed E-state index contributed by atoms with van der Waals surface area (Å²) in [5.74, 6) is -0.254. The molecular weight excluding hydrogens is 462 g/mol. The number of amides is 1. The summed E-state index contributed by atoms with van der Waals surface area (Å²) < 4.78 is 1.96. The number of rotatable bonds is 4. The lowest BCUT2D eigenvalue weighted by molar-refractivity contribution is 0.0980. The van der Waals surface area contributed by atoms with Crippen molar-refractivity contribution in [1.82, 2.24) is 19.9 Å². The molecule has 146 valence electrons. The van der Waals surface area contributed by atoms with Crippen molar-refractivity contribution in [2.75, 3.05) is 4.90 Å². The van der Waals surface area contributed by atoms with Crippen LogP contribution in [0.4, 0.5) is 5.13 Å². The second-order valence-corrected chi connectivity index (χ2v) is 8.53. The Morgan fingerprint density at radius 1 is 0.967 bits per heavy atom. The Hall–Kier alpha value is -3.23. The molecule has 0 aliphatic carbocycles. The maximum absolute atomic E-state index is 13.5. The number of hydrogen-bond donors (Lipinski definition) is 0. The molecule has 1 amide bonds. The second-order valence-electron chi connectivity index (χ2n) is 6.61. The summed E-state index contributed by atoms with van der Waals surface area (Å²) in [7, 11) is 0. The van der Waals surface area contributed by atoms with Crippen LogP contribution >= 0.6 is 27.3 Å². The van der Waals surface area contributed by atoms with Crippen molar-refractivity contribution in [3.63, 3.8) is 0 Å². The number of benzene rings is 2. The average molecular weight is 476 g/mol. The van der Waals surface area contributed by atoms with E-state index in [0.29, 0.717) is 17.2 Å². The zero-order chi connectivity index (χ0) is 20.5. The Labute approximate surface area is 184 Å².